The van der Waals surface area contributed by atoms with Gasteiger partial charge in [-0.05, 0) is 34.1 Å². The molecule has 12 heteroatoms. The van der Waals surface area contributed by atoms with Gasteiger partial charge in [0.2, 0.25) is 0 Å². The molecule has 162 valence electrons. The van der Waals surface area contributed by atoms with E-state index in [2.05, 4.69) is 20.9 Å². The van der Waals surface area contributed by atoms with Gasteiger partial charge in [0.1, 0.15) is 17.8 Å². The van der Waals surface area contributed by atoms with Gasteiger partial charge in [-0.2, -0.15) is 0 Å². The fourth-order valence-corrected chi connectivity index (χ4v) is 3.64. The van der Waals surface area contributed by atoms with E-state index in [0.717, 1.165) is 11.0 Å². The lowest BCUT2D eigenvalue weighted by molar-refractivity contribution is -0.385. The Kier molecular flexibility index (Phi) is 5.53. The first-order valence-electron chi connectivity index (χ1n) is 9.23. The summed E-state index contributed by atoms with van der Waals surface area (Å²) in [7, 11) is 0. The van der Waals surface area contributed by atoms with Crippen LogP contribution in [0.1, 0.15) is 32.8 Å². The highest BCUT2D eigenvalue weighted by Crippen LogP contribution is 2.30. The van der Waals surface area contributed by atoms with Crippen LogP contribution in [0.15, 0.2) is 51.9 Å². The number of rotatable bonds is 6. The Hall–Kier alpha value is -3.93. The van der Waals surface area contributed by atoms with Crippen molar-refractivity contribution in [3.05, 3.63) is 84.4 Å². The van der Waals surface area contributed by atoms with Gasteiger partial charge in [-0.3, -0.25) is 38.6 Å². The number of halogens is 1. The number of esters is 1. The number of benzene rings is 1. The summed E-state index contributed by atoms with van der Waals surface area (Å²) >= 11 is 3.27. The topological polar surface area (TPSA) is 141 Å². The van der Waals surface area contributed by atoms with Gasteiger partial charge >= 0.3 is 5.97 Å². The van der Waals surface area contributed by atoms with Crippen molar-refractivity contribution in [3.63, 3.8) is 0 Å². The Balaban J connectivity index is 1.40. The number of hydrogen-bond donors (Lipinski definition) is 0. The molecule has 0 unspecified atom stereocenters. The van der Waals surface area contributed by atoms with E-state index in [4.69, 9.17) is 4.74 Å². The van der Waals surface area contributed by atoms with Crippen LogP contribution in [0.5, 0.6) is 0 Å². The molecule has 0 saturated heterocycles. The number of nitro benzene ring substituents is 1. The first-order valence-corrected chi connectivity index (χ1v) is 10.0. The third-order valence-corrected chi connectivity index (χ3v) is 5.24. The maximum atomic E-state index is 12.5. The third-order valence-electron chi connectivity index (χ3n) is 4.77. The van der Waals surface area contributed by atoms with Crippen molar-refractivity contribution in [1.82, 2.24) is 14.3 Å². The molecule has 0 fully saturated rings. The molecule has 3 aromatic rings. The van der Waals surface area contributed by atoms with Crippen molar-refractivity contribution in [2.45, 2.75) is 13.0 Å². The predicted molar refractivity (Wildman–Crippen MR) is 112 cm³/mol. The number of aromatic nitrogens is 2. The molecule has 0 saturated carbocycles. The third kappa shape index (κ3) is 3.87. The largest absolute Gasteiger partial charge is 0.459 e. The lowest BCUT2D eigenvalue weighted by Gasteiger charge is -2.13. The van der Waals surface area contributed by atoms with Gasteiger partial charge in [0.25, 0.3) is 23.1 Å². The summed E-state index contributed by atoms with van der Waals surface area (Å²) in [5.41, 5.74) is -0.573. The molecule has 1 aliphatic rings. The number of carbonyl (C=O) groups excluding carboxylic acids is 3. The quantitative estimate of drug-likeness (QED) is 0.216. The maximum absolute atomic E-state index is 12.5. The van der Waals surface area contributed by atoms with Gasteiger partial charge in [-0.15, -0.1) is 0 Å². The van der Waals surface area contributed by atoms with Gasteiger partial charge in [0, 0.05) is 29.3 Å². The molecule has 2 amide bonds. The van der Waals surface area contributed by atoms with E-state index in [1.165, 1.54) is 22.6 Å². The number of imide groups is 1. The maximum Gasteiger partial charge on any atom is 0.307 e. The number of ether oxygens (including phenoxy) is 1. The number of fused-ring (bicyclic) bond motifs is 2. The normalized spacial score (nSPS) is 12.8. The van der Waals surface area contributed by atoms with E-state index in [1.54, 1.807) is 18.3 Å². The summed E-state index contributed by atoms with van der Waals surface area (Å²) in [5.74, 6) is -2.27. The summed E-state index contributed by atoms with van der Waals surface area (Å²) in [6, 6.07) is 8.35. The molecule has 4 rings (SSSR count). The van der Waals surface area contributed by atoms with Crippen LogP contribution in [0.2, 0.25) is 0 Å². The molecular weight excluding hydrogens is 488 g/mol. The van der Waals surface area contributed by atoms with Gasteiger partial charge < -0.3 is 4.74 Å². The van der Waals surface area contributed by atoms with Crippen LogP contribution in [0.25, 0.3) is 5.65 Å². The number of nitrogens with zero attached hydrogens (tertiary/aromatic N) is 4. The minimum absolute atomic E-state index is 0.0787. The Morgan fingerprint density at radius 1 is 1.16 bits per heavy atom. The molecule has 0 bridgehead atoms. The number of hydrogen-bond acceptors (Lipinski definition) is 8. The van der Waals surface area contributed by atoms with Crippen molar-refractivity contribution in [2.24, 2.45) is 0 Å². The van der Waals surface area contributed by atoms with E-state index >= 15 is 0 Å². The highest BCUT2D eigenvalue weighted by Gasteiger charge is 2.40. The van der Waals surface area contributed by atoms with E-state index in [9.17, 15) is 29.3 Å². The molecule has 0 aliphatic carbocycles. The summed E-state index contributed by atoms with van der Waals surface area (Å²) in [4.78, 5) is 64.7. The molecule has 1 aliphatic heterocycles. The zero-order valence-electron chi connectivity index (χ0n) is 16.2. The zero-order valence-corrected chi connectivity index (χ0v) is 17.8. The number of amides is 2. The van der Waals surface area contributed by atoms with Crippen LogP contribution in [0.4, 0.5) is 5.69 Å². The summed E-state index contributed by atoms with van der Waals surface area (Å²) < 4.78 is 7.14. The first-order chi connectivity index (χ1) is 15.3. The molecule has 2 aromatic heterocycles. The fourth-order valence-electron chi connectivity index (χ4n) is 3.30. The van der Waals surface area contributed by atoms with Crippen LogP contribution in [-0.4, -0.2) is 43.5 Å². The molecule has 0 atom stereocenters. The lowest BCUT2D eigenvalue weighted by atomic mass is 10.1. The average molecular weight is 501 g/mol. The van der Waals surface area contributed by atoms with E-state index in [-0.39, 0.29) is 42.0 Å². The highest BCUT2D eigenvalue weighted by molar-refractivity contribution is 9.10. The fraction of sp³-hybridized carbons (Fsp3) is 0.150. The number of carbonyl (C=O) groups is 3. The van der Waals surface area contributed by atoms with E-state index in [0.29, 0.717) is 10.1 Å². The first kappa shape index (κ1) is 21.3. The molecule has 1 aromatic carbocycles. The SMILES string of the molecule is O=C(CCN1C(=O)c2cccc([N+](=O)[O-])c2C1=O)OCc1cc(=O)n2cc(Br)ccc2n1. The Labute approximate surface area is 187 Å². The standard InChI is InChI=1S/C20H13BrN4O7/c21-11-4-5-15-22-12(8-16(26)24(15)9-11)10-32-17(27)6-7-23-19(28)13-2-1-3-14(25(30)31)18(13)20(23)29/h1-5,8-9H,6-7,10H2. The summed E-state index contributed by atoms with van der Waals surface area (Å²) in [6.45, 7) is -0.571. The second kappa shape index (κ2) is 8.30. The van der Waals surface area contributed by atoms with Crippen LogP contribution < -0.4 is 5.56 Å². The smallest absolute Gasteiger partial charge is 0.307 e. The molecule has 0 radical (unpaired) electrons. The molecule has 32 heavy (non-hydrogen) atoms. The van der Waals surface area contributed by atoms with Crippen LogP contribution in [0.3, 0.4) is 0 Å². The summed E-state index contributed by atoms with van der Waals surface area (Å²) in [6.07, 6.45) is 1.24. The molecule has 3 heterocycles. The van der Waals surface area contributed by atoms with Crippen molar-refractivity contribution < 1.29 is 24.0 Å². The van der Waals surface area contributed by atoms with Gasteiger partial charge in [0.05, 0.1) is 22.6 Å². The molecule has 11 nitrogen and oxygen atoms in total. The lowest BCUT2D eigenvalue weighted by Crippen LogP contribution is -2.32. The Bertz CT molecular complexity index is 1370. The predicted octanol–water partition coefficient (Wildman–Crippen LogP) is 2.09. The minimum Gasteiger partial charge on any atom is -0.459 e. The molecule has 0 spiro atoms. The second-order valence-electron chi connectivity index (χ2n) is 6.79. The molecule has 0 N–H and O–H groups in total. The zero-order chi connectivity index (χ0) is 23.0. The van der Waals surface area contributed by atoms with Crippen molar-refractivity contribution >= 4 is 45.0 Å². The van der Waals surface area contributed by atoms with Crippen LogP contribution in [0, 0.1) is 10.1 Å². The van der Waals surface area contributed by atoms with E-state index < -0.39 is 28.4 Å². The highest BCUT2D eigenvalue weighted by atomic mass is 79.9. The van der Waals surface area contributed by atoms with Crippen LogP contribution in [-0.2, 0) is 16.1 Å². The number of pyridine rings is 1. The Morgan fingerprint density at radius 2 is 1.94 bits per heavy atom. The van der Waals surface area contributed by atoms with E-state index in [1.807, 2.05) is 0 Å². The van der Waals surface area contributed by atoms with Gasteiger partial charge in [-0.25, -0.2) is 4.98 Å². The van der Waals surface area contributed by atoms with Crippen molar-refractivity contribution in [1.29, 1.82) is 0 Å². The summed E-state index contributed by atoms with van der Waals surface area (Å²) in [5, 5.41) is 11.1. The van der Waals surface area contributed by atoms with Crippen molar-refractivity contribution in [2.75, 3.05) is 6.54 Å². The minimum atomic E-state index is -0.833. The Morgan fingerprint density at radius 3 is 2.69 bits per heavy atom. The number of nitro groups is 1. The average Bonchev–Trinajstić information content (AvgIpc) is 3.01. The van der Waals surface area contributed by atoms with Crippen LogP contribution >= 0.6 is 15.9 Å². The van der Waals surface area contributed by atoms with Gasteiger partial charge in [0.15, 0.2) is 0 Å². The second-order valence-corrected chi connectivity index (χ2v) is 7.71. The van der Waals surface area contributed by atoms with Gasteiger partial charge in [-0.1, -0.05) is 6.07 Å². The monoisotopic (exact) mass is 500 g/mol. The van der Waals surface area contributed by atoms with Crippen molar-refractivity contribution in [3.8, 4) is 0 Å². The molecular formula is C20H13BrN4O7.